The Hall–Kier alpha value is -1.06. The summed E-state index contributed by atoms with van der Waals surface area (Å²) in [6.45, 7) is 10.8. The second kappa shape index (κ2) is 5.14. The molecule has 1 aliphatic rings. The summed E-state index contributed by atoms with van der Waals surface area (Å²) in [6, 6.07) is 6.74. The Morgan fingerprint density at radius 1 is 1.32 bits per heavy atom. The van der Waals surface area contributed by atoms with Gasteiger partial charge in [-0.3, -0.25) is 4.90 Å². The van der Waals surface area contributed by atoms with Gasteiger partial charge in [-0.05, 0) is 46.4 Å². The van der Waals surface area contributed by atoms with E-state index in [2.05, 4.69) is 62.7 Å². The quantitative estimate of drug-likeness (QED) is 0.885. The molecule has 1 atom stereocenters. The lowest BCUT2D eigenvalue weighted by Crippen LogP contribution is -2.63. The molecule has 0 radical (unpaired) electrons. The highest BCUT2D eigenvalue weighted by atomic mass is 16.3. The van der Waals surface area contributed by atoms with Gasteiger partial charge in [-0.2, -0.15) is 0 Å². The van der Waals surface area contributed by atoms with E-state index in [1.165, 1.54) is 16.8 Å². The van der Waals surface area contributed by atoms with Crippen LogP contribution in [0.1, 0.15) is 25.0 Å². The number of benzene rings is 1. The molecule has 106 valence electrons. The number of likely N-dealkylation sites (N-methyl/N-ethyl adjacent to an activating group) is 1. The van der Waals surface area contributed by atoms with E-state index in [1.54, 1.807) is 0 Å². The highest BCUT2D eigenvalue weighted by molar-refractivity contribution is 5.56. The van der Waals surface area contributed by atoms with Crippen molar-refractivity contribution < 1.29 is 5.11 Å². The average Bonchev–Trinajstić information content (AvgIpc) is 2.32. The Kier molecular flexibility index (Phi) is 3.88. The van der Waals surface area contributed by atoms with E-state index in [4.69, 9.17) is 0 Å². The van der Waals surface area contributed by atoms with E-state index in [9.17, 15) is 5.11 Å². The number of aliphatic hydroxyl groups is 1. The van der Waals surface area contributed by atoms with Gasteiger partial charge >= 0.3 is 0 Å². The highest BCUT2D eigenvalue weighted by Crippen LogP contribution is 2.30. The first-order valence-electron chi connectivity index (χ1n) is 7.01. The second-order valence-corrected chi connectivity index (χ2v) is 6.45. The third-order valence-electron chi connectivity index (χ3n) is 4.39. The molecule has 1 heterocycles. The third-order valence-corrected chi connectivity index (χ3v) is 4.39. The van der Waals surface area contributed by atoms with Crippen LogP contribution in [-0.2, 0) is 0 Å². The summed E-state index contributed by atoms with van der Waals surface area (Å²) < 4.78 is 0. The number of rotatable bonds is 2. The molecule has 0 aliphatic carbocycles. The molecule has 1 saturated heterocycles. The molecule has 19 heavy (non-hydrogen) atoms. The zero-order valence-corrected chi connectivity index (χ0v) is 12.8. The van der Waals surface area contributed by atoms with E-state index < -0.39 is 0 Å². The average molecular weight is 262 g/mol. The molecule has 1 aromatic rings. The molecule has 1 aromatic carbocycles. The van der Waals surface area contributed by atoms with Crippen LogP contribution in [0, 0.1) is 13.8 Å². The lowest BCUT2D eigenvalue weighted by atomic mass is 9.95. The Morgan fingerprint density at radius 2 is 2.00 bits per heavy atom. The van der Waals surface area contributed by atoms with Crippen LogP contribution in [0.3, 0.4) is 0 Å². The fourth-order valence-corrected chi connectivity index (χ4v) is 2.89. The van der Waals surface area contributed by atoms with E-state index in [0.29, 0.717) is 0 Å². The van der Waals surface area contributed by atoms with Gasteiger partial charge in [0.05, 0.1) is 12.6 Å². The van der Waals surface area contributed by atoms with Crippen LogP contribution in [0.2, 0.25) is 0 Å². The van der Waals surface area contributed by atoms with Crippen LogP contribution in [0.15, 0.2) is 18.2 Å². The van der Waals surface area contributed by atoms with E-state index in [0.717, 1.165) is 13.1 Å². The molecular formula is C16H26N2O. The Morgan fingerprint density at radius 3 is 2.58 bits per heavy atom. The van der Waals surface area contributed by atoms with Crippen LogP contribution >= 0.6 is 0 Å². The molecule has 1 N–H and O–H groups in total. The van der Waals surface area contributed by atoms with Crippen molar-refractivity contribution in [2.24, 2.45) is 0 Å². The fraction of sp³-hybridized carbons (Fsp3) is 0.625. The number of hydrogen-bond acceptors (Lipinski definition) is 3. The maximum Gasteiger partial charge on any atom is 0.0648 e. The van der Waals surface area contributed by atoms with Crippen molar-refractivity contribution in [2.75, 3.05) is 31.6 Å². The second-order valence-electron chi connectivity index (χ2n) is 6.45. The van der Waals surface area contributed by atoms with Gasteiger partial charge in [0, 0.05) is 24.3 Å². The monoisotopic (exact) mass is 262 g/mol. The molecule has 0 bridgehead atoms. The van der Waals surface area contributed by atoms with Crippen LogP contribution in [0.5, 0.6) is 0 Å². The molecule has 0 aromatic heterocycles. The van der Waals surface area contributed by atoms with Gasteiger partial charge in [0.15, 0.2) is 0 Å². The first kappa shape index (κ1) is 14.4. The van der Waals surface area contributed by atoms with Gasteiger partial charge in [0.1, 0.15) is 0 Å². The van der Waals surface area contributed by atoms with Crippen molar-refractivity contribution in [3.05, 3.63) is 29.3 Å². The number of aliphatic hydroxyl groups excluding tert-OH is 1. The predicted octanol–water partition coefficient (Wildman–Crippen LogP) is 2.19. The van der Waals surface area contributed by atoms with E-state index >= 15 is 0 Å². The summed E-state index contributed by atoms with van der Waals surface area (Å²) in [7, 11) is 2.14. The number of aryl methyl sites for hydroxylation is 2. The molecule has 0 saturated carbocycles. The summed E-state index contributed by atoms with van der Waals surface area (Å²) in [5.41, 5.74) is 3.96. The first-order chi connectivity index (χ1) is 8.85. The van der Waals surface area contributed by atoms with Crippen LogP contribution in [0.25, 0.3) is 0 Å². The number of nitrogens with zero attached hydrogens (tertiary/aromatic N) is 2. The van der Waals surface area contributed by atoms with Crippen molar-refractivity contribution >= 4 is 5.69 Å². The lowest BCUT2D eigenvalue weighted by molar-refractivity contribution is 0.0932. The predicted molar refractivity (Wildman–Crippen MR) is 80.8 cm³/mol. The summed E-state index contributed by atoms with van der Waals surface area (Å²) in [5, 5.41) is 9.69. The minimum absolute atomic E-state index is 0.128. The SMILES string of the molecule is Cc1ccc(N2CC(C)(C)N(C)CC2CO)c(C)c1. The van der Waals surface area contributed by atoms with Crippen LogP contribution in [-0.4, -0.2) is 48.3 Å². The van der Waals surface area contributed by atoms with Gasteiger partial charge in [-0.25, -0.2) is 0 Å². The zero-order valence-electron chi connectivity index (χ0n) is 12.8. The smallest absolute Gasteiger partial charge is 0.0648 e. The summed E-state index contributed by atoms with van der Waals surface area (Å²) in [4.78, 5) is 4.71. The summed E-state index contributed by atoms with van der Waals surface area (Å²) in [5.74, 6) is 0. The third kappa shape index (κ3) is 2.77. The van der Waals surface area contributed by atoms with Gasteiger partial charge in [-0.15, -0.1) is 0 Å². The molecular weight excluding hydrogens is 236 g/mol. The lowest BCUT2D eigenvalue weighted by Gasteiger charge is -2.50. The minimum atomic E-state index is 0.128. The molecule has 1 aliphatic heterocycles. The van der Waals surface area contributed by atoms with Crippen LogP contribution in [0.4, 0.5) is 5.69 Å². The van der Waals surface area contributed by atoms with E-state index in [-0.39, 0.29) is 18.2 Å². The largest absolute Gasteiger partial charge is 0.394 e. The Labute approximate surface area is 116 Å². The summed E-state index contributed by atoms with van der Waals surface area (Å²) >= 11 is 0. The number of piperazine rings is 1. The number of anilines is 1. The molecule has 3 heteroatoms. The molecule has 0 spiro atoms. The van der Waals surface area contributed by atoms with Gasteiger partial charge in [0.25, 0.3) is 0 Å². The molecule has 3 nitrogen and oxygen atoms in total. The van der Waals surface area contributed by atoms with Crippen molar-refractivity contribution in [1.82, 2.24) is 4.90 Å². The first-order valence-corrected chi connectivity index (χ1v) is 7.01. The van der Waals surface area contributed by atoms with Gasteiger partial charge in [-0.1, -0.05) is 17.7 Å². The molecule has 1 unspecified atom stereocenters. The maximum atomic E-state index is 9.69. The minimum Gasteiger partial charge on any atom is -0.394 e. The zero-order chi connectivity index (χ0) is 14.2. The molecule has 0 amide bonds. The topological polar surface area (TPSA) is 26.7 Å². The van der Waals surface area contributed by atoms with Gasteiger partial charge in [0.2, 0.25) is 0 Å². The van der Waals surface area contributed by atoms with Crippen LogP contribution < -0.4 is 4.90 Å². The maximum absolute atomic E-state index is 9.69. The Balaban J connectivity index is 2.35. The highest BCUT2D eigenvalue weighted by Gasteiger charge is 2.37. The summed E-state index contributed by atoms with van der Waals surface area (Å²) in [6.07, 6.45) is 0. The van der Waals surface area contributed by atoms with E-state index in [1.807, 2.05) is 0 Å². The fourth-order valence-electron chi connectivity index (χ4n) is 2.89. The van der Waals surface area contributed by atoms with Crippen molar-refractivity contribution in [2.45, 2.75) is 39.3 Å². The number of hydrogen-bond donors (Lipinski definition) is 1. The van der Waals surface area contributed by atoms with Crippen molar-refractivity contribution in [3.8, 4) is 0 Å². The molecule has 1 fully saturated rings. The normalized spacial score (nSPS) is 23.7. The van der Waals surface area contributed by atoms with Crippen molar-refractivity contribution in [3.63, 3.8) is 0 Å². The van der Waals surface area contributed by atoms with Gasteiger partial charge < -0.3 is 10.0 Å². The van der Waals surface area contributed by atoms with Crippen molar-refractivity contribution in [1.29, 1.82) is 0 Å². The molecule has 2 rings (SSSR count). The Bertz CT molecular complexity index is 456. The standard InChI is InChI=1S/C16H26N2O/c1-12-6-7-15(13(2)8-12)18-11-16(3,4)17(5)9-14(18)10-19/h6-8,14,19H,9-11H2,1-5H3.